The van der Waals surface area contributed by atoms with E-state index in [1.807, 2.05) is 0 Å². The van der Waals surface area contributed by atoms with E-state index in [4.69, 9.17) is 5.26 Å². The van der Waals surface area contributed by atoms with Crippen molar-refractivity contribution in [3.8, 4) is 6.07 Å². The highest BCUT2D eigenvalue weighted by Crippen LogP contribution is 2.23. The Morgan fingerprint density at radius 2 is 1.87 bits per heavy atom. The summed E-state index contributed by atoms with van der Waals surface area (Å²) in [5.74, 6) is -1.23. The lowest BCUT2D eigenvalue weighted by Gasteiger charge is -2.05. The molecule has 2 rings (SSSR count). The van der Waals surface area contributed by atoms with E-state index < -0.39 is 16.6 Å². The van der Waals surface area contributed by atoms with Gasteiger partial charge in [-0.15, -0.1) is 0 Å². The van der Waals surface area contributed by atoms with Gasteiger partial charge in [-0.3, -0.25) is 14.9 Å². The zero-order chi connectivity index (χ0) is 16.8. The van der Waals surface area contributed by atoms with Crippen LogP contribution in [0.25, 0.3) is 6.08 Å². The quantitative estimate of drug-likeness (QED) is 0.405. The molecule has 7 heteroatoms. The highest BCUT2D eigenvalue weighted by atomic mass is 19.1. The summed E-state index contributed by atoms with van der Waals surface area (Å²) in [4.78, 5) is 22.4. The number of rotatable bonds is 4. The third-order valence-electron chi connectivity index (χ3n) is 2.90. The van der Waals surface area contributed by atoms with Crippen molar-refractivity contribution in [2.75, 3.05) is 5.32 Å². The number of carbonyl (C=O) groups is 1. The summed E-state index contributed by atoms with van der Waals surface area (Å²) in [7, 11) is 0. The first-order valence-corrected chi connectivity index (χ1v) is 6.43. The van der Waals surface area contributed by atoms with Crippen molar-refractivity contribution in [3.63, 3.8) is 0 Å². The Balaban J connectivity index is 2.27. The smallest absolute Gasteiger partial charge is 0.292 e. The molecule has 0 heterocycles. The van der Waals surface area contributed by atoms with Crippen LogP contribution in [0, 0.1) is 27.3 Å². The zero-order valence-electron chi connectivity index (χ0n) is 11.7. The molecule has 0 spiro atoms. The molecule has 0 saturated carbocycles. The number of benzene rings is 2. The molecule has 0 aliphatic rings. The van der Waals surface area contributed by atoms with E-state index in [1.165, 1.54) is 54.6 Å². The van der Waals surface area contributed by atoms with E-state index in [9.17, 15) is 19.3 Å². The number of nitrogens with one attached hydrogen (secondary N) is 1. The molecular weight excluding hydrogens is 301 g/mol. The summed E-state index contributed by atoms with van der Waals surface area (Å²) < 4.78 is 12.8. The molecule has 6 nitrogen and oxygen atoms in total. The maximum atomic E-state index is 12.8. The first-order chi connectivity index (χ1) is 11.0. The molecule has 1 N–H and O–H groups in total. The third-order valence-corrected chi connectivity index (χ3v) is 2.90. The molecule has 0 atom stereocenters. The lowest BCUT2D eigenvalue weighted by molar-refractivity contribution is -0.383. The number of anilines is 1. The molecule has 23 heavy (non-hydrogen) atoms. The summed E-state index contributed by atoms with van der Waals surface area (Å²) >= 11 is 0. The van der Waals surface area contributed by atoms with E-state index in [0.717, 1.165) is 0 Å². The number of amides is 1. The average molecular weight is 311 g/mol. The van der Waals surface area contributed by atoms with Crippen molar-refractivity contribution in [1.29, 1.82) is 5.26 Å². The number of nitrogens with zero attached hydrogens (tertiary/aromatic N) is 2. The van der Waals surface area contributed by atoms with Gasteiger partial charge in [0.1, 0.15) is 23.1 Å². The van der Waals surface area contributed by atoms with E-state index >= 15 is 0 Å². The van der Waals surface area contributed by atoms with Crippen molar-refractivity contribution in [2.45, 2.75) is 0 Å². The van der Waals surface area contributed by atoms with Gasteiger partial charge in [-0.25, -0.2) is 4.39 Å². The van der Waals surface area contributed by atoms with Crippen molar-refractivity contribution in [3.05, 3.63) is 75.6 Å². The SMILES string of the molecule is N#CC(=Cc1ccc(F)cc1)C(=O)Nc1ccccc1[N+](=O)[O-]. The predicted molar refractivity (Wildman–Crippen MR) is 81.7 cm³/mol. The van der Waals surface area contributed by atoms with Crippen molar-refractivity contribution in [2.24, 2.45) is 0 Å². The first kappa shape index (κ1) is 15.9. The second-order valence-corrected chi connectivity index (χ2v) is 4.45. The molecular formula is C16H10FN3O3. The van der Waals surface area contributed by atoms with Gasteiger partial charge in [0.05, 0.1) is 4.92 Å². The standard InChI is InChI=1S/C16H10FN3O3/c17-13-7-5-11(6-8-13)9-12(10-18)16(21)19-14-3-1-2-4-15(14)20(22)23/h1-9H,(H,19,21). The maximum Gasteiger partial charge on any atom is 0.292 e. The summed E-state index contributed by atoms with van der Waals surface area (Å²) in [6, 6.07) is 12.5. The van der Waals surface area contributed by atoms with Crippen LogP contribution in [0.1, 0.15) is 5.56 Å². The van der Waals surface area contributed by atoms with Crippen molar-refractivity contribution in [1.82, 2.24) is 0 Å². The van der Waals surface area contributed by atoms with Gasteiger partial charge in [-0.05, 0) is 29.8 Å². The number of nitro benzene ring substituents is 1. The Labute approximate surface area is 130 Å². The molecule has 0 aromatic heterocycles. The van der Waals surface area contributed by atoms with E-state index in [2.05, 4.69) is 5.32 Å². The topological polar surface area (TPSA) is 96.0 Å². The van der Waals surface area contributed by atoms with E-state index in [1.54, 1.807) is 6.07 Å². The average Bonchev–Trinajstić information content (AvgIpc) is 2.54. The van der Waals surface area contributed by atoms with Gasteiger partial charge < -0.3 is 5.32 Å². The highest BCUT2D eigenvalue weighted by Gasteiger charge is 2.17. The second kappa shape index (κ2) is 6.95. The van der Waals surface area contributed by atoms with Crippen LogP contribution in [0.5, 0.6) is 0 Å². The van der Waals surface area contributed by atoms with Crippen LogP contribution in [0.15, 0.2) is 54.1 Å². The molecule has 2 aromatic rings. The number of nitro groups is 1. The maximum absolute atomic E-state index is 12.8. The number of nitriles is 1. The lowest BCUT2D eigenvalue weighted by atomic mass is 10.1. The Kier molecular flexibility index (Phi) is 4.79. The zero-order valence-corrected chi connectivity index (χ0v) is 11.7. The van der Waals surface area contributed by atoms with Gasteiger partial charge in [0.2, 0.25) is 0 Å². The summed E-state index contributed by atoms with van der Waals surface area (Å²) in [6.07, 6.45) is 1.27. The van der Waals surface area contributed by atoms with Crippen LogP contribution in [0.3, 0.4) is 0 Å². The van der Waals surface area contributed by atoms with E-state index in [0.29, 0.717) is 5.56 Å². The summed E-state index contributed by atoms with van der Waals surface area (Å²) in [6.45, 7) is 0. The number of carbonyl (C=O) groups excluding carboxylic acids is 1. The van der Waals surface area contributed by atoms with Crippen LogP contribution in [-0.2, 0) is 4.79 Å². The molecule has 0 aliphatic heterocycles. The number of halogens is 1. The molecule has 0 unspecified atom stereocenters. The van der Waals surface area contributed by atoms with Crippen LogP contribution in [-0.4, -0.2) is 10.8 Å². The van der Waals surface area contributed by atoms with E-state index in [-0.39, 0.29) is 16.9 Å². The van der Waals surface area contributed by atoms with Gasteiger partial charge in [0.25, 0.3) is 11.6 Å². The second-order valence-electron chi connectivity index (χ2n) is 4.45. The fourth-order valence-electron chi connectivity index (χ4n) is 1.80. The molecule has 2 aromatic carbocycles. The number of hydrogen-bond donors (Lipinski definition) is 1. The Hall–Kier alpha value is -3.53. The van der Waals surface area contributed by atoms with Crippen molar-refractivity contribution >= 4 is 23.4 Å². The third kappa shape index (κ3) is 3.98. The lowest BCUT2D eigenvalue weighted by Crippen LogP contribution is -2.14. The normalized spacial score (nSPS) is 10.7. The van der Waals surface area contributed by atoms with Crippen LogP contribution in [0.2, 0.25) is 0 Å². The molecule has 0 bridgehead atoms. The monoisotopic (exact) mass is 311 g/mol. The largest absolute Gasteiger partial charge is 0.316 e. The fraction of sp³-hybridized carbons (Fsp3) is 0. The Morgan fingerprint density at radius 1 is 1.22 bits per heavy atom. The molecule has 0 radical (unpaired) electrons. The van der Waals surface area contributed by atoms with Crippen LogP contribution < -0.4 is 5.32 Å². The van der Waals surface area contributed by atoms with Gasteiger partial charge in [-0.2, -0.15) is 5.26 Å². The van der Waals surface area contributed by atoms with Gasteiger partial charge in [0, 0.05) is 6.07 Å². The molecule has 1 amide bonds. The van der Waals surface area contributed by atoms with Crippen LogP contribution in [0.4, 0.5) is 15.8 Å². The molecule has 0 saturated heterocycles. The molecule has 0 aliphatic carbocycles. The minimum absolute atomic E-state index is 0.0113. The van der Waals surface area contributed by atoms with Crippen molar-refractivity contribution < 1.29 is 14.1 Å². The predicted octanol–water partition coefficient (Wildman–Crippen LogP) is 3.28. The summed E-state index contributed by atoms with van der Waals surface area (Å²) in [5.41, 5.74) is -0.0851. The Morgan fingerprint density at radius 3 is 2.48 bits per heavy atom. The highest BCUT2D eigenvalue weighted by molar-refractivity contribution is 6.10. The van der Waals surface area contributed by atoms with Gasteiger partial charge in [0.15, 0.2) is 0 Å². The number of para-hydroxylation sites is 2. The minimum Gasteiger partial charge on any atom is -0.316 e. The van der Waals surface area contributed by atoms with Gasteiger partial charge >= 0.3 is 0 Å². The van der Waals surface area contributed by atoms with Gasteiger partial charge in [-0.1, -0.05) is 24.3 Å². The molecule has 114 valence electrons. The fourth-order valence-corrected chi connectivity index (χ4v) is 1.80. The van der Waals surface area contributed by atoms with Crippen LogP contribution >= 0.6 is 0 Å². The number of hydrogen-bond acceptors (Lipinski definition) is 4. The summed E-state index contributed by atoms with van der Waals surface area (Å²) in [5, 5.41) is 22.3. The minimum atomic E-state index is -0.786. The Bertz CT molecular complexity index is 823. The first-order valence-electron chi connectivity index (χ1n) is 6.43. The molecule has 0 fully saturated rings.